The molecule has 1 aromatic carbocycles. The number of halogens is 3. The van der Waals surface area contributed by atoms with Crippen molar-refractivity contribution in [1.29, 1.82) is 0 Å². The van der Waals surface area contributed by atoms with E-state index in [1.807, 2.05) is 18.4 Å². The van der Waals surface area contributed by atoms with Gasteiger partial charge in [0.15, 0.2) is 23.3 Å². The van der Waals surface area contributed by atoms with Crippen LogP contribution in [0.2, 0.25) is 0 Å². The molecule has 0 bridgehead atoms. The maximum absolute atomic E-state index is 12.8. The lowest BCUT2D eigenvalue weighted by atomic mass is 10.1. The first-order valence-corrected chi connectivity index (χ1v) is 8.86. The molecule has 0 unspecified atom stereocenters. The minimum Gasteiger partial charge on any atom is -0.454 e. The number of alkyl halides is 2. The Morgan fingerprint density at radius 3 is 2.72 bits per heavy atom. The Balaban J connectivity index is 0.00000300. The highest BCUT2D eigenvalue weighted by Gasteiger charge is 2.20. The highest BCUT2D eigenvalue weighted by molar-refractivity contribution is 14.0. The van der Waals surface area contributed by atoms with Crippen LogP contribution in [0.25, 0.3) is 0 Å². The van der Waals surface area contributed by atoms with Crippen LogP contribution in [0.3, 0.4) is 0 Å². The third-order valence-electron chi connectivity index (χ3n) is 3.97. The van der Waals surface area contributed by atoms with Crippen molar-refractivity contribution in [1.82, 2.24) is 25.4 Å². The van der Waals surface area contributed by atoms with E-state index >= 15 is 0 Å². The van der Waals surface area contributed by atoms with Crippen LogP contribution in [0, 0.1) is 0 Å². The zero-order chi connectivity index (χ0) is 19.9. The number of rotatable bonds is 8. The van der Waals surface area contributed by atoms with Crippen molar-refractivity contribution in [3.63, 3.8) is 0 Å². The molecule has 1 aliphatic rings. The topological polar surface area (TPSA) is 94.8 Å². The van der Waals surface area contributed by atoms with Crippen molar-refractivity contribution in [2.24, 2.45) is 4.99 Å². The second-order valence-corrected chi connectivity index (χ2v) is 5.77. The fraction of sp³-hybridized carbons (Fsp3) is 0.471. The molecule has 2 aromatic rings. The molecule has 2 heterocycles. The lowest BCUT2D eigenvalue weighted by Crippen LogP contribution is -2.37. The summed E-state index contributed by atoms with van der Waals surface area (Å²) in [5, 5.41) is 14.2. The summed E-state index contributed by atoms with van der Waals surface area (Å²) in [4.78, 5) is 4.45. The normalized spacial score (nSPS) is 12.7. The van der Waals surface area contributed by atoms with Gasteiger partial charge in [-0.25, -0.2) is 4.99 Å². The second-order valence-electron chi connectivity index (χ2n) is 5.77. The zero-order valence-electron chi connectivity index (χ0n) is 16.0. The summed E-state index contributed by atoms with van der Waals surface area (Å²) in [5.74, 6) is 2.12. The molecule has 9 nitrogen and oxygen atoms in total. The highest BCUT2D eigenvalue weighted by Crippen LogP contribution is 2.39. The van der Waals surface area contributed by atoms with Crippen molar-refractivity contribution in [3.8, 4) is 17.2 Å². The van der Waals surface area contributed by atoms with Crippen LogP contribution in [-0.2, 0) is 19.6 Å². The second kappa shape index (κ2) is 11.0. The van der Waals surface area contributed by atoms with Crippen molar-refractivity contribution in [3.05, 3.63) is 29.8 Å². The lowest BCUT2D eigenvalue weighted by Gasteiger charge is -2.13. The van der Waals surface area contributed by atoms with E-state index in [1.165, 1.54) is 6.07 Å². The molecule has 29 heavy (non-hydrogen) atoms. The molecule has 0 spiro atoms. The first-order valence-electron chi connectivity index (χ1n) is 8.86. The fourth-order valence-electron chi connectivity index (χ4n) is 2.64. The summed E-state index contributed by atoms with van der Waals surface area (Å²) in [6.45, 7) is 2.93. The molecule has 0 radical (unpaired) electrons. The van der Waals surface area contributed by atoms with Gasteiger partial charge in [-0.05, 0) is 19.9 Å². The zero-order valence-corrected chi connectivity index (χ0v) is 18.4. The number of guanidine groups is 1. The molecule has 0 saturated heterocycles. The van der Waals surface area contributed by atoms with E-state index < -0.39 is 6.61 Å². The van der Waals surface area contributed by atoms with Gasteiger partial charge in [0, 0.05) is 24.7 Å². The van der Waals surface area contributed by atoms with E-state index in [9.17, 15) is 8.78 Å². The van der Waals surface area contributed by atoms with Gasteiger partial charge in [0.2, 0.25) is 6.79 Å². The molecule has 0 atom stereocenters. The maximum atomic E-state index is 12.8. The van der Waals surface area contributed by atoms with Crippen molar-refractivity contribution < 1.29 is 23.0 Å². The number of hydrogen-bond donors (Lipinski definition) is 2. The largest absolute Gasteiger partial charge is 0.454 e. The monoisotopic (exact) mass is 524 g/mol. The van der Waals surface area contributed by atoms with Crippen LogP contribution >= 0.6 is 24.0 Å². The molecule has 0 amide bonds. The molecular formula is C17H23F2IN6O3. The number of aryl methyl sites for hydroxylation is 1. The third kappa shape index (κ3) is 6.05. The predicted octanol–water partition coefficient (Wildman–Crippen LogP) is 2.50. The SMILES string of the molecule is CCNC(=NCc1cc2c(cc1OC(F)F)OCO2)NCc1nncn1CC.I. The summed E-state index contributed by atoms with van der Waals surface area (Å²) < 4.78 is 42.6. The minimum atomic E-state index is -2.95. The summed E-state index contributed by atoms with van der Waals surface area (Å²) in [6.07, 6.45) is 1.65. The van der Waals surface area contributed by atoms with E-state index in [1.54, 1.807) is 12.4 Å². The van der Waals surface area contributed by atoms with Crippen LogP contribution in [0.5, 0.6) is 17.2 Å². The van der Waals surface area contributed by atoms with Gasteiger partial charge in [-0.3, -0.25) is 0 Å². The van der Waals surface area contributed by atoms with E-state index in [0.717, 1.165) is 12.4 Å². The Morgan fingerprint density at radius 2 is 2.03 bits per heavy atom. The summed E-state index contributed by atoms with van der Waals surface area (Å²) in [6, 6.07) is 2.99. The standard InChI is InChI=1S/C17H22F2N6O3.HI/c1-3-20-17(22-8-15-24-23-9-25(15)4-2)21-7-11-5-13-14(27-10-26-13)6-12(11)28-16(18)19;/h5-6,9,16H,3-4,7-8,10H2,1-2H3,(H2,20,21,22);1H. The molecule has 1 aliphatic heterocycles. The van der Waals surface area contributed by atoms with Crippen molar-refractivity contribution >= 4 is 29.9 Å². The first-order chi connectivity index (χ1) is 13.6. The molecule has 3 rings (SSSR count). The molecular weight excluding hydrogens is 501 g/mol. The smallest absolute Gasteiger partial charge is 0.387 e. The average Bonchev–Trinajstić information content (AvgIpc) is 3.31. The number of nitrogens with one attached hydrogen (secondary N) is 2. The Bertz CT molecular complexity index is 833. The van der Waals surface area contributed by atoms with Crippen LogP contribution in [0.15, 0.2) is 23.5 Å². The van der Waals surface area contributed by atoms with E-state index in [2.05, 4.69) is 30.6 Å². The summed E-state index contributed by atoms with van der Waals surface area (Å²) in [7, 11) is 0. The summed E-state index contributed by atoms with van der Waals surface area (Å²) in [5.41, 5.74) is 0.457. The Morgan fingerprint density at radius 1 is 1.28 bits per heavy atom. The maximum Gasteiger partial charge on any atom is 0.387 e. The van der Waals surface area contributed by atoms with E-state index in [4.69, 9.17) is 9.47 Å². The molecule has 1 aromatic heterocycles. The van der Waals surface area contributed by atoms with Crippen LogP contribution in [0.1, 0.15) is 25.2 Å². The Hall–Kier alpha value is -2.38. The van der Waals surface area contributed by atoms with Gasteiger partial charge in [-0.1, -0.05) is 0 Å². The average molecular weight is 524 g/mol. The van der Waals surface area contributed by atoms with Gasteiger partial charge in [0.05, 0.1) is 13.1 Å². The summed E-state index contributed by atoms with van der Waals surface area (Å²) >= 11 is 0. The minimum absolute atomic E-state index is 0. The number of benzene rings is 1. The number of hydrogen-bond acceptors (Lipinski definition) is 6. The van der Waals surface area contributed by atoms with Crippen LogP contribution in [-0.4, -0.2) is 40.7 Å². The van der Waals surface area contributed by atoms with Gasteiger partial charge in [0.25, 0.3) is 0 Å². The number of ether oxygens (including phenoxy) is 3. The number of aliphatic imine (C=N–C) groups is 1. The van der Waals surface area contributed by atoms with Gasteiger partial charge in [-0.15, -0.1) is 34.2 Å². The Kier molecular flexibility index (Phi) is 8.67. The molecule has 160 valence electrons. The number of nitrogens with zero attached hydrogens (tertiary/aromatic N) is 4. The van der Waals surface area contributed by atoms with Crippen molar-refractivity contribution in [2.45, 2.75) is 40.1 Å². The van der Waals surface area contributed by atoms with E-state index in [0.29, 0.717) is 36.1 Å². The highest BCUT2D eigenvalue weighted by atomic mass is 127. The van der Waals surface area contributed by atoms with Gasteiger partial charge >= 0.3 is 6.61 Å². The van der Waals surface area contributed by atoms with Crippen LogP contribution < -0.4 is 24.8 Å². The molecule has 0 saturated carbocycles. The molecule has 2 N–H and O–H groups in total. The van der Waals surface area contributed by atoms with Gasteiger partial charge in [0.1, 0.15) is 12.1 Å². The van der Waals surface area contributed by atoms with E-state index in [-0.39, 0.29) is 43.1 Å². The quantitative estimate of drug-likeness (QED) is 0.312. The third-order valence-corrected chi connectivity index (χ3v) is 3.97. The molecule has 12 heteroatoms. The Labute approximate surface area is 183 Å². The van der Waals surface area contributed by atoms with Gasteiger partial charge in [-0.2, -0.15) is 8.78 Å². The number of aromatic nitrogens is 3. The molecule has 0 fully saturated rings. The fourth-order valence-corrected chi connectivity index (χ4v) is 2.64. The van der Waals surface area contributed by atoms with Gasteiger partial charge < -0.3 is 29.4 Å². The van der Waals surface area contributed by atoms with Crippen molar-refractivity contribution in [2.75, 3.05) is 13.3 Å². The molecule has 0 aliphatic carbocycles. The number of fused-ring (bicyclic) bond motifs is 1. The predicted molar refractivity (Wildman–Crippen MR) is 112 cm³/mol. The lowest BCUT2D eigenvalue weighted by molar-refractivity contribution is -0.0505. The first kappa shape index (κ1) is 22.9. The van der Waals surface area contributed by atoms with Crippen LogP contribution in [0.4, 0.5) is 8.78 Å².